The number of nitrogens with two attached hydrogens (primary N) is 1. The summed E-state index contributed by atoms with van der Waals surface area (Å²) >= 11 is 0. The van der Waals surface area contributed by atoms with Crippen molar-refractivity contribution in [3.05, 3.63) is 41.7 Å². The molecule has 1 saturated carbocycles. The van der Waals surface area contributed by atoms with Crippen LogP contribution in [0.5, 0.6) is 0 Å². The van der Waals surface area contributed by atoms with E-state index in [1.807, 2.05) is 0 Å². The second kappa shape index (κ2) is 13.1. The van der Waals surface area contributed by atoms with Crippen LogP contribution in [0.15, 0.2) is 30.5 Å². The minimum Gasteiger partial charge on any atom is -0.381 e. The molecular weight excluding hydrogens is 518 g/mol. The molecule has 2 aliphatic heterocycles. The summed E-state index contributed by atoms with van der Waals surface area (Å²) in [6.45, 7) is 5.71. The van der Waals surface area contributed by atoms with Gasteiger partial charge in [-0.15, -0.1) is 0 Å². The number of primary amides is 1. The highest BCUT2D eigenvalue weighted by molar-refractivity contribution is 5.96. The van der Waals surface area contributed by atoms with E-state index in [-0.39, 0.29) is 17.8 Å². The maximum atomic E-state index is 12.2. The van der Waals surface area contributed by atoms with Gasteiger partial charge in [0.1, 0.15) is 5.82 Å². The minimum absolute atomic E-state index is 0.00919. The number of anilines is 3. The Morgan fingerprint density at radius 1 is 1.05 bits per heavy atom. The molecule has 0 bridgehead atoms. The predicted octanol–water partition coefficient (Wildman–Crippen LogP) is 4.51. The maximum Gasteiger partial charge on any atom is 0.317 e. The van der Waals surface area contributed by atoms with Crippen molar-refractivity contribution >= 4 is 29.3 Å². The molecule has 3 heterocycles. The van der Waals surface area contributed by atoms with Crippen molar-refractivity contribution in [2.24, 2.45) is 23.5 Å². The second-order valence-corrected chi connectivity index (χ2v) is 12.3. The fourth-order valence-electron chi connectivity index (χ4n) is 6.51. The van der Waals surface area contributed by atoms with E-state index in [0.717, 1.165) is 56.0 Å². The number of rotatable bonds is 8. The van der Waals surface area contributed by atoms with Crippen molar-refractivity contribution in [1.29, 1.82) is 0 Å². The van der Waals surface area contributed by atoms with E-state index in [4.69, 9.17) is 15.5 Å². The van der Waals surface area contributed by atoms with Gasteiger partial charge < -0.3 is 30.9 Å². The van der Waals surface area contributed by atoms with Crippen LogP contribution < -0.4 is 21.3 Å². The average molecular weight is 564 g/mol. The molecule has 1 aromatic heterocycles. The van der Waals surface area contributed by atoms with Gasteiger partial charge in [-0.05, 0) is 67.6 Å². The van der Waals surface area contributed by atoms with Crippen molar-refractivity contribution in [1.82, 2.24) is 20.2 Å². The molecule has 10 nitrogen and oxygen atoms in total. The second-order valence-electron chi connectivity index (χ2n) is 12.3. The van der Waals surface area contributed by atoms with Gasteiger partial charge in [0.2, 0.25) is 0 Å². The van der Waals surface area contributed by atoms with Crippen LogP contribution in [0.1, 0.15) is 73.8 Å². The molecule has 3 amide bonds. The fraction of sp³-hybridized carbons (Fsp3) is 0.613. The molecule has 0 radical (unpaired) electrons. The molecule has 2 aromatic rings. The molecule has 5 rings (SSSR count). The number of nitrogens with zero attached hydrogens (tertiary/aromatic N) is 4. The molecule has 10 heteroatoms. The van der Waals surface area contributed by atoms with Crippen molar-refractivity contribution in [3.63, 3.8) is 0 Å². The molecule has 222 valence electrons. The standard InChI is InChI=1S/C31H45N7O3/c1-20(24-18-41-19-24)21-6-4-7-22(10-9-21)23-11-13-25(14-12-23)34-30-28(29(32)39)33-16-27(36-30)38-15-5-8-26(17-38)35-31(40)37(2)3/h11-14,16,20-22,24,26H,4-10,15,17-19H2,1-3H3,(H2,32,39)(H,34,36)(H,35,40). The third-order valence-electron chi connectivity index (χ3n) is 9.28. The zero-order valence-corrected chi connectivity index (χ0v) is 24.6. The molecular formula is C31H45N7O3. The molecule has 1 aliphatic carbocycles. The lowest BCUT2D eigenvalue weighted by Crippen LogP contribution is -2.50. The number of carbonyl (C=O) groups is 2. The summed E-state index contributed by atoms with van der Waals surface area (Å²) in [4.78, 5) is 37.1. The number of benzene rings is 1. The summed E-state index contributed by atoms with van der Waals surface area (Å²) in [6, 6.07) is 8.40. The number of carbonyl (C=O) groups excluding carboxylic acids is 2. The highest BCUT2D eigenvalue weighted by Crippen LogP contribution is 2.40. The number of urea groups is 1. The Kier molecular flexibility index (Phi) is 9.27. The number of nitrogens with one attached hydrogen (secondary N) is 2. The van der Waals surface area contributed by atoms with Crippen LogP contribution in [0.25, 0.3) is 0 Å². The maximum absolute atomic E-state index is 12.2. The number of ether oxygens (including phenoxy) is 1. The third-order valence-corrected chi connectivity index (χ3v) is 9.28. The molecule has 41 heavy (non-hydrogen) atoms. The molecule has 0 spiro atoms. The lowest BCUT2D eigenvalue weighted by Gasteiger charge is -2.36. The predicted molar refractivity (Wildman–Crippen MR) is 161 cm³/mol. The van der Waals surface area contributed by atoms with Crippen LogP contribution in [0.4, 0.5) is 22.1 Å². The van der Waals surface area contributed by atoms with Crippen LogP contribution in [0.2, 0.25) is 0 Å². The van der Waals surface area contributed by atoms with E-state index >= 15 is 0 Å². The largest absolute Gasteiger partial charge is 0.381 e. The summed E-state index contributed by atoms with van der Waals surface area (Å²) in [5, 5.41) is 6.35. The van der Waals surface area contributed by atoms with E-state index in [1.54, 1.807) is 20.3 Å². The first kappa shape index (κ1) is 29.1. The summed E-state index contributed by atoms with van der Waals surface area (Å²) in [6.07, 6.45) is 9.72. The molecule has 4 atom stereocenters. The summed E-state index contributed by atoms with van der Waals surface area (Å²) < 4.78 is 5.45. The van der Waals surface area contributed by atoms with Gasteiger partial charge in [0.15, 0.2) is 11.5 Å². The Morgan fingerprint density at radius 2 is 1.83 bits per heavy atom. The Morgan fingerprint density at radius 3 is 2.51 bits per heavy atom. The Labute approximate surface area is 243 Å². The summed E-state index contributed by atoms with van der Waals surface area (Å²) in [7, 11) is 3.46. The normalized spacial score (nSPS) is 24.1. The molecule has 4 unspecified atom stereocenters. The van der Waals surface area contributed by atoms with Crippen LogP contribution in [0, 0.1) is 17.8 Å². The first-order valence-corrected chi connectivity index (χ1v) is 15.1. The molecule has 3 fully saturated rings. The number of aromatic nitrogens is 2. The van der Waals surface area contributed by atoms with Gasteiger partial charge in [0.25, 0.3) is 5.91 Å². The highest BCUT2D eigenvalue weighted by Gasteiger charge is 2.32. The van der Waals surface area contributed by atoms with Crippen molar-refractivity contribution in [2.75, 3.05) is 50.6 Å². The lowest BCUT2D eigenvalue weighted by atomic mass is 9.78. The van der Waals surface area contributed by atoms with Gasteiger partial charge in [-0.2, -0.15) is 0 Å². The van der Waals surface area contributed by atoms with Crippen LogP contribution in [-0.2, 0) is 4.74 Å². The van der Waals surface area contributed by atoms with Gasteiger partial charge in [-0.1, -0.05) is 31.9 Å². The number of hydrogen-bond donors (Lipinski definition) is 3. The Bertz CT molecular complexity index is 1200. The van der Waals surface area contributed by atoms with Crippen molar-refractivity contribution in [3.8, 4) is 0 Å². The molecule has 3 aliphatic rings. The topological polar surface area (TPSA) is 126 Å². The molecule has 4 N–H and O–H groups in total. The monoisotopic (exact) mass is 563 g/mol. The van der Waals surface area contributed by atoms with Gasteiger partial charge in [-0.3, -0.25) is 4.79 Å². The smallest absolute Gasteiger partial charge is 0.317 e. The van der Waals surface area contributed by atoms with E-state index in [2.05, 4.69) is 51.7 Å². The van der Waals surface area contributed by atoms with Gasteiger partial charge in [0.05, 0.1) is 19.4 Å². The van der Waals surface area contributed by atoms with Crippen LogP contribution >= 0.6 is 0 Å². The number of amides is 3. The van der Waals surface area contributed by atoms with E-state index in [0.29, 0.717) is 24.1 Å². The Hall–Kier alpha value is -3.40. The number of hydrogen-bond acceptors (Lipinski definition) is 7. The van der Waals surface area contributed by atoms with Crippen LogP contribution in [0.3, 0.4) is 0 Å². The first-order valence-electron chi connectivity index (χ1n) is 15.1. The quantitative estimate of drug-likeness (QED) is 0.404. The SMILES string of the molecule is CC(C1CCCC(c2ccc(Nc3nc(N4CCCC(NC(=O)N(C)C)C4)cnc3C(N)=O)cc2)CC1)C1COC1. The van der Waals surface area contributed by atoms with E-state index in [1.165, 1.54) is 42.6 Å². The lowest BCUT2D eigenvalue weighted by molar-refractivity contribution is -0.0701. The van der Waals surface area contributed by atoms with Crippen molar-refractivity contribution < 1.29 is 14.3 Å². The summed E-state index contributed by atoms with van der Waals surface area (Å²) in [5.74, 6) is 3.22. The fourth-order valence-corrected chi connectivity index (χ4v) is 6.51. The van der Waals surface area contributed by atoms with Crippen LogP contribution in [-0.4, -0.2) is 73.2 Å². The third kappa shape index (κ3) is 7.09. The zero-order valence-electron chi connectivity index (χ0n) is 24.6. The number of piperidine rings is 1. The molecule has 1 aromatic carbocycles. The zero-order chi connectivity index (χ0) is 28.9. The summed E-state index contributed by atoms with van der Waals surface area (Å²) in [5.41, 5.74) is 7.95. The van der Waals surface area contributed by atoms with Gasteiger partial charge in [0, 0.05) is 44.8 Å². The first-order chi connectivity index (χ1) is 19.8. The average Bonchev–Trinajstić information content (AvgIpc) is 3.19. The van der Waals surface area contributed by atoms with E-state index in [9.17, 15) is 9.59 Å². The van der Waals surface area contributed by atoms with Gasteiger partial charge >= 0.3 is 6.03 Å². The molecule has 2 saturated heterocycles. The van der Waals surface area contributed by atoms with Crippen molar-refractivity contribution in [2.45, 2.75) is 63.8 Å². The van der Waals surface area contributed by atoms with Gasteiger partial charge in [-0.25, -0.2) is 14.8 Å². The minimum atomic E-state index is -0.631. The van der Waals surface area contributed by atoms with E-state index < -0.39 is 5.91 Å². The Balaban J connectivity index is 1.24. The highest BCUT2D eigenvalue weighted by atomic mass is 16.5.